The first-order valence-electron chi connectivity index (χ1n) is 5.22. The first-order valence-corrected chi connectivity index (χ1v) is 5.22. The smallest absolute Gasteiger partial charge is 0.130 e. The highest BCUT2D eigenvalue weighted by molar-refractivity contribution is 6.01. The van der Waals surface area contributed by atoms with Crippen molar-refractivity contribution in [1.82, 2.24) is 0 Å². The Hall–Kier alpha value is -1.38. The maximum Gasteiger partial charge on any atom is 0.130 e. The Kier molecular flexibility index (Phi) is 2.71. The van der Waals surface area contributed by atoms with E-state index in [1.54, 1.807) is 6.07 Å². The monoisotopic (exact) mass is 207 g/mol. The standard InChI is InChI=1S/C12H14FNO/c1-3-9-4-5-10(7-11(9)13)12-6-8(2)15-14-12/h4-5,7-8H,3,6H2,1-2H3. The highest BCUT2D eigenvalue weighted by Crippen LogP contribution is 2.18. The molecule has 0 radical (unpaired) electrons. The van der Waals surface area contributed by atoms with Gasteiger partial charge in [0.05, 0.1) is 5.71 Å². The molecule has 15 heavy (non-hydrogen) atoms. The van der Waals surface area contributed by atoms with Crippen molar-refractivity contribution in [3.05, 3.63) is 35.1 Å². The average Bonchev–Trinajstić information content (AvgIpc) is 2.65. The van der Waals surface area contributed by atoms with Crippen LogP contribution in [0.1, 0.15) is 31.4 Å². The van der Waals surface area contributed by atoms with Crippen LogP contribution in [-0.2, 0) is 11.3 Å². The van der Waals surface area contributed by atoms with Crippen molar-refractivity contribution in [2.75, 3.05) is 0 Å². The maximum atomic E-state index is 13.5. The number of halogens is 1. The van der Waals surface area contributed by atoms with Crippen LogP contribution in [0.15, 0.2) is 23.4 Å². The van der Waals surface area contributed by atoms with Gasteiger partial charge in [0, 0.05) is 12.0 Å². The molecule has 0 saturated carbocycles. The van der Waals surface area contributed by atoms with Crippen molar-refractivity contribution >= 4 is 5.71 Å². The summed E-state index contributed by atoms with van der Waals surface area (Å²) in [5.41, 5.74) is 2.41. The average molecular weight is 207 g/mol. The van der Waals surface area contributed by atoms with Crippen molar-refractivity contribution in [1.29, 1.82) is 0 Å². The number of hydrogen-bond acceptors (Lipinski definition) is 2. The van der Waals surface area contributed by atoms with Gasteiger partial charge in [0.2, 0.25) is 0 Å². The number of oxime groups is 1. The van der Waals surface area contributed by atoms with Gasteiger partial charge in [-0.05, 0) is 25.0 Å². The van der Waals surface area contributed by atoms with Gasteiger partial charge in [0.15, 0.2) is 0 Å². The van der Waals surface area contributed by atoms with Crippen LogP contribution in [0.4, 0.5) is 4.39 Å². The Morgan fingerprint density at radius 1 is 1.53 bits per heavy atom. The van der Waals surface area contributed by atoms with E-state index >= 15 is 0 Å². The minimum atomic E-state index is -0.155. The number of nitrogens with zero attached hydrogens (tertiary/aromatic N) is 1. The molecule has 0 spiro atoms. The Morgan fingerprint density at radius 3 is 2.87 bits per heavy atom. The molecular weight excluding hydrogens is 193 g/mol. The molecule has 3 heteroatoms. The summed E-state index contributed by atoms with van der Waals surface area (Å²) in [5.74, 6) is -0.155. The highest BCUT2D eigenvalue weighted by Gasteiger charge is 2.18. The summed E-state index contributed by atoms with van der Waals surface area (Å²) < 4.78 is 13.5. The molecule has 1 heterocycles. The molecule has 80 valence electrons. The second-order valence-corrected chi connectivity index (χ2v) is 3.82. The van der Waals surface area contributed by atoms with Crippen LogP contribution < -0.4 is 0 Å². The Morgan fingerprint density at radius 2 is 2.33 bits per heavy atom. The van der Waals surface area contributed by atoms with Gasteiger partial charge in [0.25, 0.3) is 0 Å². The van der Waals surface area contributed by atoms with E-state index in [9.17, 15) is 4.39 Å². The fraction of sp³-hybridized carbons (Fsp3) is 0.417. The lowest BCUT2D eigenvalue weighted by Crippen LogP contribution is -2.04. The van der Waals surface area contributed by atoms with Crippen LogP contribution >= 0.6 is 0 Å². The number of benzene rings is 1. The zero-order chi connectivity index (χ0) is 10.8. The summed E-state index contributed by atoms with van der Waals surface area (Å²) in [6, 6.07) is 5.26. The summed E-state index contributed by atoms with van der Waals surface area (Å²) in [6.45, 7) is 3.89. The van der Waals surface area contributed by atoms with Gasteiger partial charge in [-0.15, -0.1) is 0 Å². The molecule has 0 aromatic heterocycles. The SMILES string of the molecule is CCc1ccc(C2=NOC(C)C2)cc1F. The predicted octanol–water partition coefficient (Wildman–Crippen LogP) is 2.90. The molecule has 0 fully saturated rings. The Balaban J connectivity index is 2.27. The van der Waals surface area contributed by atoms with Crippen LogP contribution in [0, 0.1) is 5.82 Å². The molecule has 0 aliphatic carbocycles. The first kappa shape index (κ1) is 10.1. The lowest BCUT2D eigenvalue weighted by molar-refractivity contribution is 0.0995. The van der Waals surface area contributed by atoms with Crippen molar-refractivity contribution in [3.8, 4) is 0 Å². The van der Waals surface area contributed by atoms with Crippen LogP contribution in [0.3, 0.4) is 0 Å². The van der Waals surface area contributed by atoms with E-state index in [2.05, 4.69) is 5.16 Å². The van der Waals surface area contributed by atoms with E-state index in [4.69, 9.17) is 4.84 Å². The number of hydrogen-bond donors (Lipinski definition) is 0. The molecule has 0 bridgehead atoms. The molecule has 0 saturated heterocycles. The fourth-order valence-electron chi connectivity index (χ4n) is 1.68. The Bertz CT molecular complexity index is 401. The minimum Gasteiger partial charge on any atom is -0.392 e. The summed E-state index contributed by atoms with van der Waals surface area (Å²) in [7, 11) is 0. The molecule has 0 amide bonds. The molecule has 2 nitrogen and oxygen atoms in total. The van der Waals surface area contributed by atoms with Gasteiger partial charge >= 0.3 is 0 Å². The third-order valence-electron chi connectivity index (χ3n) is 2.59. The second-order valence-electron chi connectivity index (χ2n) is 3.82. The minimum absolute atomic E-state index is 0.105. The van der Waals surface area contributed by atoms with E-state index < -0.39 is 0 Å². The second kappa shape index (κ2) is 4.01. The number of rotatable bonds is 2. The van der Waals surface area contributed by atoms with Crippen LogP contribution in [-0.4, -0.2) is 11.8 Å². The van der Waals surface area contributed by atoms with Gasteiger partial charge < -0.3 is 4.84 Å². The topological polar surface area (TPSA) is 21.6 Å². The van der Waals surface area contributed by atoms with Gasteiger partial charge in [-0.1, -0.05) is 24.2 Å². The predicted molar refractivity (Wildman–Crippen MR) is 57.5 cm³/mol. The summed E-state index contributed by atoms with van der Waals surface area (Å²) in [5, 5.41) is 3.93. The normalized spacial score (nSPS) is 19.9. The van der Waals surface area contributed by atoms with Gasteiger partial charge in [0.1, 0.15) is 11.9 Å². The van der Waals surface area contributed by atoms with Crippen molar-refractivity contribution < 1.29 is 9.23 Å². The van der Waals surface area contributed by atoms with Gasteiger partial charge in [-0.25, -0.2) is 4.39 Å². The highest BCUT2D eigenvalue weighted by atomic mass is 19.1. The quantitative estimate of drug-likeness (QED) is 0.730. The molecule has 1 atom stereocenters. The van der Waals surface area contributed by atoms with E-state index in [1.165, 1.54) is 0 Å². The largest absolute Gasteiger partial charge is 0.392 e. The molecule has 0 N–H and O–H groups in total. The molecule has 1 aliphatic rings. The van der Waals surface area contributed by atoms with Crippen molar-refractivity contribution in [2.45, 2.75) is 32.8 Å². The van der Waals surface area contributed by atoms with Gasteiger partial charge in [-0.2, -0.15) is 0 Å². The van der Waals surface area contributed by atoms with Crippen molar-refractivity contribution in [3.63, 3.8) is 0 Å². The molecule has 1 aromatic carbocycles. The van der Waals surface area contributed by atoms with E-state index in [-0.39, 0.29) is 11.9 Å². The third kappa shape index (κ3) is 2.01. The molecule has 1 unspecified atom stereocenters. The van der Waals surface area contributed by atoms with Crippen LogP contribution in [0.5, 0.6) is 0 Å². The van der Waals surface area contributed by atoms with Crippen molar-refractivity contribution in [2.24, 2.45) is 5.16 Å². The Labute approximate surface area is 88.7 Å². The molecule has 1 aromatic rings. The molecular formula is C12H14FNO. The zero-order valence-electron chi connectivity index (χ0n) is 8.96. The fourth-order valence-corrected chi connectivity index (χ4v) is 1.68. The number of aryl methyl sites for hydroxylation is 1. The maximum absolute atomic E-state index is 13.5. The summed E-state index contributed by atoms with van der Waals surface area (Å²) in [4.78, 5) is 5.08. The lowest BCUT2D eigenvalue weighted by Gasteiger charge is -2.03. The summed E-state index contributed by atoms with van der Waals surface area (Å²) >= 11 is 0. The van der Waals surface area contributed by atoms with E-state index in [0.29, 0.717) is 6.42 Å². The molecule has 2 rings (SSSR count). The third-order valence-corrected chi connectivity index (χ3v) is 2.59. The van der Waals surface area contributed by atoms with Gasteiger partial charge in [-0.3, -0.25) is 0 Å². The first-order chi connectivity index (χ1) is 7.20. The van der Waals surface area contributed by atoms with Crippen LogP contribution in [0.2, 0.25) is 0 Å². The van der Waals surface area contributed by atoms with E-state index in [1.807, 2.05) is 26.0 Å². The molecule has 1 aliphatic heterocycles. The zero-order valence-corrected chi connectivity index (χ0v) is 8.96. The lowest BCUT2D eigenvalue weighted by atomic mass is 10.0. The van der Waals surface area contributed by atoms with E-state index in [0.717, 1.165) is 23.3 Å². The summed E-state index contributed by atoms with van der Waals surface area (Å²) in [6.07, 6.45) is 1.57. The van der Waals surface area contributed by atoms with Crippen LogP contribution in [0.25, 0.3) is 0 Å².